The van der Waals surface area contributed by atoms with E-state index in [9.17, 15) is 13.2 Å². The maximum absolute atomic E-state index is 12.7. The fraction of sp³-hybridized carbons (Fsp3) is 0.588. The van der Waals surface area contributed by atoms with E-state index >= 15 is 0 Å². The number of sulfonamides is 1. The molecule has 134 valence electrons. The van der Waals surface area contributed by atoms with E-state index in [0.29, 0.717) is 36.8 Å². The zero-order chi connectivity index (χ0) is 18.0. The highest BCUT2D eigenvalue weighted by molar-refractivity contribution is 9.10. The summed E-state index contributed by atoms with van der Waals surface area (Å²) in [7, 11) is -3.50. The second kappa shape index (κ2) is 7.54. The molecule has 24 heavy (non-hydrogen) atoms. The summed E-state index contributed by atoms with van der Waals surface area (Å²) in [5.41, 5.74) is -0.485. The predicted molar refractivity (Wildman–Crippen MR) is 96.1 cm³/mol. The van der Waals surface area contributed by atoms with Gasteiger partial charge in [0, 0.05) is 24.0 Å². The third kappa shape index (κ3) is 5.04. The summed E-state index contributed by atoms with van der Waals surface area (Å²) >= 11 is 3.30. The van der Waals surface area contributed by atoms with E-state index in [1.165, 1.54) is 4.31 Å². The number of hydrogen-bond acceptors (Lipinski definition) is 4. The van der Waals surface area contributed by atoms with Crippen molar-refractivity contribution in [1.29, 1.82) is 0 Å². The van der Waals surface area contributed by atoms with Crippen LogP contribution in [0.4, 0.5) is 0 Å². The van der Waals surface area contributed by atoms with Crippen LogP contribution in [0.2, 0.25) is 0 Å². The second-order valence-corrected chi connectivity index (χ2v) is 9.83. The Hall–Kier alpha value is -0.920. The molecule has 1 fully saturated rings. The zero-order valence-electron chi connectivity index (χ0n) is 14.3. The fourth-order valence-electron chi connectivity index (χ4n) is 2.77. The molecule has 1 aromatic rings. The van der Waals surface area contributed by atoms with Gasteiger partial charge in [-0.3, -0.25) is 4.79 Å². The molecular weight excluding hydrogens is 394 g/mol. The summed E-state index contributed by atoms with van der Waals surface area (Å²) in [5.74, 6) is -0.0416. The van der Waals surface area contributed by atoms with Crippen LogP contribution in [0.5, 0.6) is 0 Å². The minimum atomic E-state index is -3.50. The van der Waals surface area contributed by atoms with Gasteiger partial charge in [0.1, 0.15) is 5.60 Å². The van der Waals surface area contributed by atoms with Gasteiger partial charge in [-0.15, -0.1) is 0 Å². The van der Waals surface area contributed by atoms with Gasteiger partial charge in [0.05, 0.1) is 4.90 Å². The summed E-state index contributed by atoms with van der Waals surface area (Å²) in [6.45, 7) is 6.39. The third-order valence-corrected chi connectivity index (χ3v) is 6.81. The summed E-state index contributed by atoms with van der Waals surface area (Å²) in [6, 6.07) is 6.83. The largest absolute Gasteiger partial charge is 0.460 e. The van der Waals surface area contributed by atoms with Crippen LogP contribution < -0.4 is 0 Å². The van der Waals surface area contributed by atoms with Crippen molar-refractivity contribution in [3.05, 3.63) is 28.7 Å². The molecule has 5 nitrogen and oxygen atoms in total. The van der Waals surface area contributed by atoms with Crippen LogP contribution in [-0.2, 0) is 19.6 Å². The Morgan fingerprint density at radius 3 is 2.38 bits per heavy atom. The first-order valence-electron chi connectivity index (χ1n) is 8.06. The quantitative estimate of drug-likeness (QED) is 0.702. The zero-order valence-corrected chi connectivity index (χ0v) is 16.7. The lowest BCUT2D eigenvalue weighted by atomic mass is 9.95. The molecular formula is C17H24BrNO4S. The molecule has 0 atom stereocenters. The Bertz CT molecular complexity index is 689. The molecule has 0 amide bonds. The van der Waals surface area contributed by atoms with Gasteiger partial charge in [0.15, 0.2) is 0 Å². The second-order valence-electron chi connectivity index (χ2n) is 7.07. The van der Waals surface area contributed by atoms with Crippen LogP contribution in [-0.4, -0.2) is 37.4 Å². The van der Waals surface area contributed by atoms with Crippen LogP contribution in [0.3, 0.4) is 0 Å². The highest BCUT2D eigenvalue weighted by Gasteiger charge is 2.31. The van der Waals surface area contributed by atoms with Crippen molar-refractivity contribution in [2.24, 2.45) is 5.92 Å². The van der Waals surface area contributed by atoms with Crippen molar-refractivity contribution >= 4 is 31.9 Å². The standard InChI is InChI=1S/C17H24BrNO4S/c1-17(2,3)23-16(20)12-13-8-10-19(11-9-13)24(21,22)15-7-5-4-6-14(15)18/h4-7,13H,8-12H2,1-3H3. The number of halogens is 1. The van der Waals surface area contributed by atoms with Crippen molar-refractivity contribution in [2.75, 3.05) is 13.1 Å². The van der Waals surface area contributed by atoms with E-state index in [-0.39, 0.29) is 16.8 Å². The molecule has 0 aromatic heterocycles. The molecule has 0 bridgehead atoms. The molecule has 7 heteroatoms. The highest BCUT2D eigenvalue weighted by Crippen LogP contribution is 2.29. The SMILES string of the molecule is CC(C)(C)OC(=O)CC1CCN(S(=O)(=O)c2ccccc2Br)CC1. The lowest BCUT2D eigenvalue weighted by molar-refractivity contribution is -0.156. The molecule has 0 saturated carbocycles. The summed E-state index contributed by atoms with van der Waals surface area (Å²) < 4.78 is 32.9. The van der Waals surface area contributed by atoms with Crippen LogP contribution in [0.1, 0.15) is 40.0 Å². The number of nitrogens with zero attached hydrogens (tertiary/aromatic N) is 1. The predicted octanol–water partition coefficient (Wildman–Crippen LogP) is 3.58. The Balaban J connectivity index is 1.95. The molecule has 1 saturated heterocycles. The van der Waals surface area contributed by atoms with Gasteiger partial charge in [-0.25, -0.2) is 8.42 Å². The summed E-state index contributed by atoms with van der Waals surface area (Å²) in [4.78, 5) is 12.2. The number of ether oxygens (including phenoxy) is 1. The van der Waals surface area contributed by atoms with Crippen molar-refractivity contribution in [3.63, 3.8) is 0 Å². The number of carbonyl (C=O) groups is 1. The summed E-state index contributed by atoms with van der Waals surface area (Å²) in [6.07, 6.45) is 1.69. The third-order valence-electron chi connectivity index (χ3n) is 3.90. The van der Waals surface area contributed by atoms with E-state index in [4.69, 9.17) is 4.74 Å². The van der Waals surface area contributed by atoms with Crippen molar-refractivity contribution in [2.45, 2.75) is 50.5 Å². The molecule has 0 N–H and O–H groups in total. The van der Waals surface area contributed by atoms with Gasteiger partial charge >= 0.3 is 5.97 Å². The lowest BCUT2D eigenvalue weighted by Gasteiger charge is -2.31. The van der Waals surface area contributed by atoms with E-state index in [2.05, 4.69) is 15.9 Å². The van der Waals surface area contributed by atoms with Gasteiger partial charge in [-0.05, 0) is 67.6 Å². The topological polar surface area (TPSA) is 63.7 Å². The van der Waals surface area contributed by atoms with Gasteiger partial charge in [0.25, 0.3) is 0 Å². The van der Waals surface area contributed by atoms with Gasteiger partial charge in [0.2, 0.25) is 10.0 Å². The molecule has 1 aromatic carbocycles. The fourth-order valence-corrected chi connectivity index (χ4v) is 5.20. The molecule has 0 spiro atoms. The molecule has 2 rings (SSSR count). The van der Waals surface area contributed by atoms with E-state index < -0.39 is 15.6 Å². The first-order valence-corrected chi connectivity index (χ1v) is 10.3. The number of rotatable bonds is 4. The number of esters is 1. The first-order chi connectivity index (χ1) is 11.1. The molecule has 0 radical (unpaired) electrons. The number of carbonyl (C=O) groups excluding carboxylic acids is 1. The number of hydrogen-bond donors (Lipinski definition) is 0. The molecule has 0 unspecified atom stereocenters. The Morgan fingerprint density at radius 2 is 1.83 bits per heavy atom. The van der Waals surface area contributed by atoms with E-state index in [1.54, 1.807) is 24.3 Å². The van der Waals surface area contributed by atoms with Crippen molar-refractivity contribution in [3.8, 4) is 0 Å². The monoisotopic (exact) mass is 417 g/mol. The maximum atomic E-state index is 12.7. The first kappa shape index (κ1) is 19.4. The highest BCUT2D eigenvalue weighted by atomic mass is 79.9. The average molecular weight is 418 g/mol. The lowest BCUT2D eigenvalue weighted by Crippen LogP contribution is -2.39. The van der Waals surface area contributed by atoms with Crippen LogP contribution in [0.15, 0.2) is 33.6 Å². The number of benzene rings is 1. The Morgan fingerprint density at radius 1 is 1.25 bits per heavy atom. The number of piperidine rings is 1. The van der Waals surface area contributed by atoms with E-state index in [0.717, 1.165) is 0 Å². The maximum Gasteiger partial charge on any atom is 0.306 e. The molecule has 1 aliphatic rings. The van der Waals surface area contributed by atoms with Crippen LogP contribution in [0, 0.1) is 5.92 Å². The Labute approximate surface area is 152 Å². The minimum absolute atomic E-state index is 0.172. The van der Waals surface area contributed by atoms with Gasteiger partial charge < -0.3 is 4.74 Å². The normalized spacial score (nSPS) is 17.7. The molecule has 0 aliphatic carbocycles. The molecule has 1 heterocycles. The van der Waals surface area contributed by atoms with Crippen LogP contribution in [0.25, 0.3) is 0 Å². The smallest absolute Gasteiger partial charge is 0.306 e. The van der Waals surface area contributed by atoms with Crippen molar-refractivity contribution in [1.82, 2.24) is 4.31 Å². The van der Waals surface area contributed by atoms with Gasteiger partial charge in [-0.2, -0.15) is 4.31 Å². The van der Waals surface area contributed by atoms with Crippen LogP contribution >= 0.6 is 15.9 Å². The average Bonchev–Trinajstić information content (AvgIpc) is 2.46. The van der Waals surface area contributed by atoms with E-state index in [1.807, 2.05) is 20.8 Å². The Kier molecular flexibility index (Phi) is 6.09. The summed E-state index contributed by atoms with van der Waals surface area (Å²) in [5, 5.41) is 0. The molecule has 1 aliphatic heterocycles. The van der Waals surface area contributed by atoms with Gasteiger partial charge in [-0.1, -0.05) is 12.1 Å². The minimum Gasteiger partial charge on any atom is -0.460 e. The van der Waals surface area contributed by atoms with Crippen molar-refractivity contribution < 1.29 is 17.9 Å².